The summed E-state index contributed by atoms with van der Waals surface area (Å²) in [5.41, 5.74) is 4.30. The van der Waals surface area contributed by atoms with Gasteiger partial charge in [0.2, 0.25) is 5.13 Å². The number of hydrogen-bond donors (Lipinski definition) is 1. The molecule has 3 aromatic carbocycles. The van der Waals surface area contributed by atoms with Crippen LogP contribution in [0.25, 0.3) is 33.1 Å². The lowest BCUT2D eigenvalue weighted by Crippen LogP contribution is -2.21. The van der Waals surface area contributed by atoms with E-state index in [1.807, 2.05) is 97.1 Å². The number of hydrogen-bond acceptors (Lipinski definition) is 9. The summed E-state index contributed by atoms with van der Waals surface area (Å²) in [6.45, 7) is -0.431. The molecular formula is C28H21N5O3S2. The van der Waals surface area contributed by atoms with Crippen molar-refractivity contribution >= 4 is 40.1 Å². The van der Waals surface area contributed by atoms with Crippen LogP contribution in [0, 0.1) is 0 Å². The maximum absolute atomic E-state index is 12.4. The van der Waals surface area contributed by atoms with Crippen molar-refractivity contribution in [2.24, 2.45) is 0 Å². The normalized spacial score (nSPS) is 10.6. The second-order valence-electron chi connectivity index (χ2n) is 7.93. The van der Waals surface area contributed by atoms with Gasteiger partial charge in [0.25, 0.3) is 5.91 Å². The Hall–Kier alpha value is -4.41. The monoisotopic (exact) mass is 539 g/mol. The molecule has 0 radical (unpaired) electrons. The highest BCUT2D eigenvalue weighted by Crippen LogP contribution is 2.27. The fraction of sp³-hybridized carbons (Fsp3) is 0.0714. The van der Waals surface area contributed by atoms with Crippen LogP contribution >= 0.6 is 23.1 Å². The molecule has 38 heavy (non-hydrogen) atoms. The SMILES string of the molecule is O=C(COC(=O)CSc1nc(-c2ccccc2)cc(-c2ccccc2)n1)Nc1nnc(-c2ccccc2)s1. The van der Waals surface area contributed by atoms with Gasteiger partial charge in [0, 0.05) is 16.7 Å². The predicted octanol–water partition coefficient (Wildman–Crippen LogP) is 5.60. The molecule has 0 aliphatic rings. The third-order valence-corrected chi connectivity index (χ3v) is 6.93. The van der Waals surface area contributed by atoms with E-state index in [1.165, 1.54) is 11.3 Å². The zero-order chi connectivity index (χ0) is 26.2. The quantitative estimate of drug-likeness (QED) is 0.146. The van der Waals surface area contributed by atoms with E-state index >= 15 is 0 Å². The van der Waals surface area contributed by atoms with Crippen molar-refractivity contribution in [2.45, 2.75) is 5.16 Å². The first-order valence-electron chi connectivity index (χ1n) is 11.6. The molecule has 0 saturated carbocycles. The number of carbonyl (C=O) groups excluding carboxylic acids is 2. The molecule has 5 aromatic rings. The Labute approximate surface area is 227 Å². The first-order valence-corrected chi connectivity index (χ1v) is 13.4. The number of thioether (sulfide) groups is 1. The summed E-state index contributed by atoms with van der Waals surface area (Å²) < 4.78 is 5.15. The predicted molar refractivity (Wildman–Crippen MR) is 149 cm³/mol. The van der Waals surface area contributed by atoms with Gasteiger partial charge in [-0.1, -0.05) is 114 Å². The minimum absolute atomic E-state index is 0.0449. The van der Waals surface area contributed by atoms with Crippen molar-refractivity contribution in [2.75, 3.05) is 17.7 Å². The first-order chi connectivity index (χ1) is 18.6. The minimum Gasteiger partial charge on any atom is -0.455 e. The number of anilines is 1. The fourth-order valence-electron chi connectivity index (χ4n) is 3.44. The van der Waals surface area contributed by atoms with Crippen molar-refractivity contribution < 1.29 is 14.3 Å². The molecule has 0 saturated heterocycles. The summed E-state index contributed by atoms with van der Waals surface area (Å²) in [7, 11) is 0. The number of ether oxygens (including phenoxy) is 1. The molecule has 2 aromatic heterocycles. The zero-order valence-electron chi connectivity index (χ0n) is 20.0. The summed E-state index contributed by atoms with van der Waals surface area (Å²) in [6, 6.07) is 31.0. The molecule has 10 heteroatoms. The number of rotatable bonds is 9. The summed E-state index contributed by atoms with van der Waals surface area (Å²) in [5, 5.41) is 12.1. The molecule has 188 valence electrons. The van der Waals surface area contributed by atoms with E-state index < -0.39 is 18.5 Å². The van der Waals surface area contributed by atoms with Gasteiger partial charge >= 0.3 is 5.97 Å². The summed E-state index contributed by atoms with van der Waals surface area (Å²) in [4.78, 5) is 33.9. The van der Waals surface area contributed by atoms with Gasteiger partial charge in [-0.05, 0) is 6.07 Å². The Morgan fingerprint density at radius 1 is 0.763 bits per heavy atom. The van der Waals surface area contributed by atoms with Gasteiger partial charge in [-0.3, -0.25) is 14.9 Å². The Bertz CT molecular complexity index is 1470. The van der Waals surface area contributed by atoms with Crippen LogP contribution < -0.4 is 5.32 Å². The first kappa shape index (κ1) is 25.2. The number of nitrogens with zero attached hydrogens (tertiary/aromatic N) is 4. The van der Waals surface area contributed by atoms with E-state index in [0.29, 0.717) is 15.3 Å². The number of benzene rings is 3. The van der Waals surface area contributed by atoms with Gasteiger partial charge in [0.1, 0.15) is 5.01 Å². The standard InChI is InChI=1S/C28H21N5O3S2/c34-24(31-28-33-32-26(38-28)21-14-8-3-9-15-21)17-36-25(35)18-37-27-29-22(19-10-4-1-5-11-19)16-23(30-27)20-12-6-2-7-13-20/h1-16H,17-18H2,(H,31,33,34). The molecule has 0 unspecified atom stereocenters. The zero-order valence-corrected chi connectivity index (χ0v) is 21.6. The minimum atomic E-state index is -0.553. The van der Waals surface area contributed by atoms with Crippen molar-refractivity contribution in [1.82, 2.24) is 20.2 Å². The highest BCUT2D eigenvalue weighted by Gasteiger charge is 2.14. The third kappa shape index (κ3) is 6.67. The van der Waals surface area contributed by atoms with Crippen LogP contribution in [0.2, 0.25) is 0 Å². The van der Waals surface area contributed by atoms with Gasteiger partial charge < -0.3 is 4.74 Å². The van der Waals surface area contributed by atoms with Gasteiger partial charge in [-0.2, -0.15) is 0 Å². The molecule has 0 bridgehead atoms. The Kier molecular flexibility index (Phi) is 8.12. The molecule has 0 atom stereocenters. The second-order valence-corrected chi connectivity index (χ2v) is 9.85. The second kappa shape index (κ2) is 12.2. The number of nitrogens with one attached hydrogen (secondary N) is 1. The van der Waals surface area contributed by atoms with Crippen LogP contribution in [-0.2, 0) is 14.3 Å². The van der Waals surface area contributed by atoms with Crippen LogP contribution in [0.4, 0.5) is 5.13 Å². The van der Waals surface area contributed by atoms with E-state index in [4.69, 9.17) is 4.74 Å². The molecule has 5 rings (SSSR count). The van der Waals surface area contributed by atoms with E-state index in [-0.39, 0.29) is 5.75 Å². The molecule has 0 aliphatic carbocycles. The number of amides is 1. The van der Waals surface area contributed by atoms with Crippen molar-refractivity contribution in [3.63, 3.8) is 0 Å². The van der Waals surface area contributed by atoms with E-state index in [1.54, 1.807) is 0 Å². The summed E-state index contributed by atoms with van der Waals surface area (Å²) in [5.74, 6) is -1.09. The lowest BCUT2D eigenvalue weighted by atomic mass is 10.1. The van der Waals surface area contributed by atoms with Gasteiger partial charge in [0.05, 0.1) is 17.1 Å². The topological polar surface area (TPSA) is 107 Å². The van der Waals surface area contributed by atoms with Crippen LogP contribution in [0.1, 0.15) is 0 Å². The van der Waals surface area contributed by atoms with Crippen LogP contribution in [0.3, 0.4) is 0 Å². The lowest BCUT2D eigenvalue weighted by molar-refractivity contribution is -0.144. The Morgan fingerprint density at radius 2 is 1.32 bits per heavy atom. The summed E-state index contributed by atoms with van der Waals surface area (Å²) in [6.07, 6.45) is 0. The Balaban J connectivity index is 1.18. The molecule has 0 aliphatic heterocycles. The van der Waals surface area contributed by atoms with E-state index in [0.717, 1.165) is 39.8 Å². The van der Waals surface area contributed by atoms with Crippen molar-refractivity contribution in [3.05, 3.63) is 97.1 Å². The maximum Gasteiger partial charge on any atom is 0.316 e. The molecule has 1 N–H and O–H groups in total. The average Bonchev–Trinajstić information content (AvgIpc) is 3.44. The van der Waals surface area contributed by atoms with Crippen molar-refractivity contribution in [3.8, 4) is 33.1 Å². The average molecular weight is 540 g/mol. The van der Waals surface area contributed by atoms with Gasteiger partial charge in [-0.25, -0.2) is 9.97 Å². The highest BCUT2D eigenvalue weighted by atomic mass is 32.2. The largest absolute Gasteiger partial charge is 0.455 e. The van der Waals surface area contributed by atoms with Crippen LogP contribution in [-0.4, -0.2) is 44.4 Å². The van der Waals surface area contributed by atoms with Gasteiger partial charge in [0.15, 0.2) is 11.8 Å². The number of carbonyl (C=O) groups is 2. The number of esters is 1. The fourth-order valence-corrected chi connectivity index (χ4v) is 4.86. The van der Waals surface area contributed by atoms with Crippen LogP contribution in [0.5, 0.6) is 0 Å². The highest BCUT2D eigenvalue weighted by molar-refractivity contribution is 7.99. The maximum atomic E-state index is 12.4. The van der Waals surface area contributed by atoms with Gasteiger partial charge in [-0.15, -0.1) is 10.2 Å². The molecule has 1 amide bonds. The van der Waals surface area contributed by atoms with E-state index in [2.05, 4.69) is 25.5 Å². The summed E-state index contributed by atoms with van der Waals surface area (Å²) >= 11 is 2.39. The smallest absolute Gasteiger partial charge is 0.316 e. The lowest BCUT2D eigenvalue weighted by Gasteiger charge is -2.09. The third-order valence-electron chi connectivity index (χ3n) is 5.22. The van der Waals surface area contributed by atoms with Crippen LogP contribution in [0.15, 0.2) is 102 Å². The molecule has 0 spiro atoms. The molecular weight excluding hydrogens is 518 g/mol. The van der Waals surface area contributed by atoms with Crippen molar-refractivity contribution in [1.29, 1.82) is 0 Å². The number of aromatic nitrogens is 4. The molecule has 8 nitrogen and oxygen atoms in total. The Morgan fingerprint density at radius 3 is 1.89 bits per heavy atom. The van der Waals surface area contributed by atoms with E-state index in [9.17, 15) is 9.59 Å². The molecule has 0 fully saturated rings. The molecule has 2 heterocycles.